The maximum atomic E-state index is 5.45. The van der Waals surface area contributed by atoms with Gasteiger partial charge in [-0.25, -0.2) is 9.97 Å². The second kappa shape index (κ2) is 7.21. The second-order valence-electron chi connectivity index (χ2n) is 6.92. The van der Waals surface area contributed by atoms with Gasteiger partial charge in [-0.2, -0.15) is 0 Å². The number of anilines is 1. The van der Waals surface area contributed by atoms with Crippen LogP contribution in [-0.2, 0) is 11.2 Å². The standard InChI is InChI=1S/C17H29N3O/c1-5-15-10-16(20-13(2)19-15)18-12-17(3,4)11-14-6-8-21-9-7-14/h10,14H,5-9,11-12H2,1-4H3,(H,18,19,20). The molecule has 1 N–H and O–H groups in total. The monoisotopic (exact) mass is 291 g/mol. The summed E-state index contributed by atoms with van der Waals surface area (Å²) in [7, 11) is 0. The highest BCUT2D eigenvalue weighted by atomic mass is 16.5. The van der Waals surface area contributed by atoms with Gasteiger partial charge in [-0.05, 0) is 43.9 Å². The van der Waals surface area contributed by atoms with Crippen LogP contribution in [0.1, 0.15) is 51.6 Å². The number of hydrogen-bond acceptors (Lipinski definition) is 4. The first-order chi connectivity index (χ1) is 9.98. The molecule has 0 aromatic carbocycles. The summed E-state index contributed by atoms with van der Waals surface area (Å²) in [5.74, 6) is 2.60. The van der Waals surface area contributed by atoms with Crippen LogP contribution in [0.2, 0.25) is 0 Å². The summed E-state index contributed by atoms with van der Waals surface area (Å²) in [6.07, 6.45) is 4.60. The van der Waals surface area contributed by atoms with E-state index in [0.717, 1.165) is 49.4 Å². The first kappa shape index (κ1) is 16.2. The van der Waals surface area contributed by atoms with Crippen molar-refractivity contribution in [2.75, 3.05) is 25.1 Å². The molecule has 0 unspecified atom stereocenters. The molecule has 2 rings (SSSR count). The molecule has 1 aliphatic rings. The summed E-state index contributed by atoms with van der Waals surface area (Å²) in [5.41, 5.74) is 1.37. The van der Waals surface area contributed by atoms with Crippen molar-refractivity contribution in [2.24, 2.45) is 11.3 Å². The predicted molar refractivity (Wildman–Crippen MR) is 86.6 cm³/mol. The van der Waals surface area contributed by atoms with Crippen molar-refractivity contribution in [1.82, 2.24) is 9.97 Å². The van der Waals surface area contributed by atoms with Gasteiger partial charge in [0.15, 0.2) is 0 Å². The van der Waals surface area contributed by atoms with Gasteiger partial charge in [0.05, 0.1) is 0 Å². The van der Waals surface area contributed by atoms with Gasteiger partial charge in [-0.1, -0.05) is 20.8 Å². The van der Waals surface area contributed by atoms with E-state index < -0.39 is 0 Å². The van der Waals surface area contributed by atoms with Crippen molar-refractivity contribution in [3.63, 3.8) is 0 Å². The lowest BCUT2D eigenvalue weighted by atomic mass is 9.80. The smallest absolute Gasteiger partial charge is 0.129 e. The molecule has 0 aliphatic carbocycles. The van der Waals surface area contributed by atoms with Crippen LogP contribution in [-0.4, -0.2) is 29.7 Å². The van der Waals surface area contributed by atoms with Crippen molar-refractivity contribution in [1.29, 1.82) is 0 Å². The van der Waals surface area contributed by atoms with Crippen molar-refractivity contribution in [2.45, 2.75) is 53.4 Å². The van der Waals surface area contributed by atoms with Crippen LogP contribution in [0.15, 0.2) is 6.07 Å². The Labute approximate surface area is 128 Å². The van der Waals surface area contributed by atoms with Crippen molar-refractivity contribution >= 4 is 5.82 Å². The molecule has 0 spiro atoms. The average Bonchev–Trinajstić information content (AvgIpc) is 2.45. The number of nitrogens with zero attached hydrogens (tertiary/aromatic N) is 2. The van der Waals surface area contributed by atoms with Crippen molar-refractivity contribution in [3.05, 3.63) is 17.6 Å². The molecule has 21 heavy (non-hydrogen) atoms. The van der Waals surface area contributed by atoms with Crippen LogP contribution in [0.4, 0.5) is 5.82 Å². The van der Waals surface area contributed by atoms with Gasteiger partial charge >= 0.3 is 0 Å². The van der Waals surface area contributed by atoms with E-state index in [1.807, 2.05) is 6.92 Å². The molecule has 4 heteroatoms. The van der Waals surface area contributed by atoms with Gasteiger partial charge in [0.2, 0.25) is 0 Å². The zero-order valence-electron chi connectivity index (χ0n) is 13.9. The summed E-state index contributed by atoms with van der Waals surface area (Å²) < 4.78 is 5.45. The largest absolute Gasteiger partial charge is 0.381 e. The number of aryl methyl sites for hydroxylation is 2. The molecular formula is C17H29N3O. The Morgan fingerprint density at radius 1 is 1.29 bits per heavy atom. The van der Waals surface area contributed by atoms with Crippen molar-refractivity contribution in [3.8, 4) is 0 Å². The van der Waals surface area contributed by atoms with Gasteiger partial charge < -0.3 is 10.1 Å². The average molecular weight is 291 g/mol. The van der Waals surface area contributed by atoms with E-state index in [9.17, 15) is 0 Å². The third-order valence-corrected chi connectivity index (χ3v) is 4.18. The third kappa shape index (κ3) is 5.27. The summed E-state index contributed by atoms with van der Waals surface area (Å²) >= 11 is 0. The molecule has 0 atom stereocenters. The van der Waals surface area contributed by atoms with E-state index >= 15 is 0 Å². The molecule has 1 fully saturated rings. The zero-order valence-corrected chi connectivity index (χ0v) is 13.9. The number of hydrogen-bond donors (Lipinski definition) is 1. The van der Waals surface area contributed by atoms with Gasteiger partial charge in [-0.15, -0.1) is 0 Å². The van der Waals surface area contributed by atoms with Gasteiger partial charge in [0.25, 0.3) is 0 Å². The highest BCUT2D eigenvalue weighted by molar-refractivity contribution is 5.36. The summed E-state index contributed by atoms with van der Waals surface area (Å²) in [6, 6.07) is 2.07. The Morgan fingerprint density at radius 2 is 2.00 bits per heavy atom. The highest BCUT2D eigenvalue weighted by Gasteiger charge is 2.25. The minimum atomic E-state index is 0.271. The molecular weight excluding hydrogens is 262 g/mol. The van der Waals surface area contributed by atoms with Crippen LogP contribution < -0.4 is 5.32 Å². The normalized spacial score (nSPS) is 17.0. The zero-order chi connectivity index (χ0) is 15.3. The van der Waals surface area contributed by atoms with E-state index in [4.69, 9.17) is 4.74 Å². The van der Waals surface area contributed by atoms with E-state index in [0.29, 0.717) is 0 Å². The Balaban J connectivity index is 1.89. The molecule has 1 saturated heterocycles. The summed E-state index contributed by atoms with van der Waals surface area (Å²) in [4.78, 5) is 8.91. The lowest BCUT2D eigenvalue weighted by molar-refractivity contribution is 0.0526. The first-order valence-corrected chi connectivity index (χ1v) is 8.15. The minimum absolute atomic E-state index is 0.271. The van der Waals surface area contributed by atoms with E-state index in [-0.39, 0.29) is 5.41 Å². The first-order valence-electron chi connectivity index (χ1n) is 8.15. The Hall–Kier alpha value is -1.16. The molecule has 0 radical (unpaired) electrons. The molecule has 1 aromatic heterocycles. The van der Waals surface area contributed by atoms with Crippen LogP contribution in [0.25, 0.3) is 0 Å². The topological polar surface area (TPSA) is 47.0 Å². The molecule has 1 aliphatic heterocycles. The van der Waals surface area contributed by atoms with Gasteiger partial charge in [0.1, 0.15) is 11.6 Å². The Kier molecular flexibility index (Phi) is 5.57. The summed E-state index contributed by atoms with van der Waals surface area (Å²) in [6.45, 7) is 11.6. The third-order valence-electron chi connectivity index (χ3n) is 4.18. The lowest BCUT2D eigenvalue weighted by Crippen LogP contribution is -2.29. The van der Waals surface area contributed by atoms with Crippen LogP contribution >= 0.6 is 0 Å². The maximum absolute atomic E-state index is 5.45. The van der Waals surface area contributed by atoms with Gasteiger partial charge in [0, 0.05) is 31.5 Å². The van der Waals surface area contributed by atoms with Crippen LogP contribution in [0.5, 0.6) is 0 Å². The molecule has 0 amide bonds. The SMILES string of the molecule is CCc1cc(NCC(C)(C)CC2CCOCC2)nc(C)n1. The lowest BCUT2D eigenvalue weighted by Gasteiger charge is -2.32. The second-order valence-corrected chi connectivity index (χ2v) is 6.92. The summed E-state index contributed by atoms with van der Waals surface area (Å²) in [5, 5.41) is 3.51. The Morgan fingerprint density at radius 3 is 2.67 bits per heavy atom. The number of nitrogens with one attached hydrogen (secondary N) is 1. The van der Waals surface area contributed by atoms with Crippen LogP contribution in [0, 0.1) is 18.3 Å². The Bertz CT molecular complexity index is 453. The van der Waals surface area contributed by atoms with E-state index in [1.165, 1.54) is 19.3 Å². The fraction of sp³-hybridized carbons (Fsp3) is 0.765. The molecule has 0 bridgehead atoms. The van der Waals surface area contributed by atoms with E-state index in [2.05, 4.69) is 42.1 Å². The fourth-order valence-corrected chi connectivity index (χ4v) is 3.04. The maximum Gasteiger partial charge on any atom is 0.129 e. The molecule has 1 aromatic rings. The quantitative estimate of drug-likeness (QED) is 0.870. The number of rotatable bonds is 6. The number of ether oxygens (including phenoxy) is 1. The molecule has 2 heterocycles. The van der Waals surface area contributed by atoms with Gasteiger partial charge in [-0.3, -0.25) is 0 Å². The molecule has 4 nitrogen and oxygen atoms in total. The molecule has 118 valence electrons. The van der Waals surface area contributed by atoms with Crippen LogP contribution in [0.3, 0.4) is 0 Å². The van der Waals surface area contributed by atoms with Crippen molar-refractivity contribution < 1.29 is 4.74 Å². The number of aromatic nitrogens is 2. The predicted octanol–water partition coefficient (Wildman–Crippen LogP) is 3.60. The van der Waals surface area contributed by atoms with E-state index in [1.54, 1.807) is 0 Å². The highest BCUT2D eigenvalue weighted by Crippen LogP contribution is 2.31. The fourth-order valence-electron chi connectivity index (χ4n) is 3.04. The minimum Gasteiger partial charge on any atom is -0.381 e. The molecule has 0 saturated carbocycles.